The van der Waals surface area contributed by atoms with Crippen LogP contribution in [0.15, 0.2) is 85.2 Å². The average Bonchev–Trinajstić information content (AvgIpc) is 3.23. The molecule has 0 fully saturated rings. The van der Waals surface area contributed by atoms with E-state index in [4.69, 9.17) is 0 Å². The lowest BCUT2D eigenvalue weighted by Gasteiger charge is -2.42. The van der Waals surface area contributed by atoms with Gasteiger partial charge in [0.05, 0.1) is 0 Å². The number of aromatic nitrogens is 2. The summed E-state index contributed by atoms with van der Waals surface area (Å²) in [5.74, 6) is 0. The van der Waals surface area contributed by atoms with Gasteiger partial charge in [0.15, 0.2) is 0 Å². The monoisotopic (exact) mass is 393 g/mol. The van der Waals surface area contributed by atoms with Crippen molar-refractivity contribution in [2.75, 3.05) is 14.1 Å². The van der Waals surface area contributed by atoms with Gasteiger partial charge in [-0.25, -0.2) is 0 Å². The number of hydrogen-bond acceptors (Lipinski definition) is 2. The fourth-order valence-corrected chi connectivity index (χ4v) is 4.78. The van der Waals surface area contributed by atoms with Gasteiger partial charge in [0.25, 0.3) is 0 Å². The zero-order chi connectivity index (χ0) is 20.6. The Bertz CT molecular complexity index is 1190. The third-order valence-electron chi connectivity index (χ3n) is 6.62. The van der Waals surface area contributed by atoms with E-state index in [-0.39, 0.29) is 5.54 Å². The number of rotatable bonds is 4. The number of fused-ring (bicyclic) bond motifs is 1. The highest BCUT2D eigenvalue weighted by Gasteiger charge is 2.36. The van der Waals surface area contributed by atoms with Crippen molar-refractivity contribution in [3.8, 4) is 11.1 Å². The zero-order valence-corrected chi connectivity index (χ0v) is 17.6. The van der Waals surface area contributed by atoms with Crippen molar-refractivity contribution in [2.45, 2.75) is 24.8 Å². The summed E-state index contributed by atoms with van der Waals surface area (Å²) in [4.78, 5) is 10.3. The maximum atomic E-state index is 4.25. The van der Waals surface area contributed by atoms with E-state index in [2.05, 4.69) is 95.7 Å². The van der Waals surface area contributed by atoms with Gasteiger partial charge >= 0.3 is 0 Å². The first-order valence-electron chi connectivity index (χ1n) is 10.6. The summed E-state index contributed by atoms with van der Waals surface area (Å²) in [5.41, 5.74) is 7.68. The minimum Gasteiger partial charge on any atom is -0.355 e. The SMILES string of the molecule is CN(C)C1(c2ccccc2)CC=C(c2cc3cc(-c4cccnc4)ccc3[nH]2)CC1. The van der Waals surface area contributed by atoms with Crippen molar-refractivity contribution in [3.05, 3.63) is 96.5 Å². The molecule has 2 heterocycles. The Labute approximate surface area is 178 Å². The number of nitrogens with one attached hydrogen (secondary N) is 1. The molecular weight excluding hydrogens is 366 g/mol. The number of nitrogens with zero attached hydrogens (tertiary/aromatic N) is 2. The van der Waals surface area contributed by atoms with Crippen molar-refractivity contribution in [1.29, 1.82) is 0 Å². The summed E-state index contributed by atoms with van der Waals surface area (Å²) >= 11 is 0. The van der Waals surface area contributed by atoms with Crippen LogP contribution < -0.4 is 0 Å². The van der Waals surface area contributed by atoms with Crippen LogP contribution in [-0.2, 0) is 5.54 Å². The first-order chi connectivity index (χ1) is 14.7. The Morgan fingerprint density at radius 1 is 0.933 bits per heavy atom. The maximum absolute atomic E-state index is 4.25. The highest BCUT2D eigenvalue weighted by molar-refractivity contribution is 5.88. The van der Waals surface area contributed by atoms with Crippen LogP contribution in [0.1, 0.15) is 30.5 Å². The molecule has 0 bridgehead atoms. The van der Waals surface area contributed by atoms with Gasteiger partial charge in [-0.15, -0.1) is 0 Å². The number of H-pyrrole nitrogens is 1. The van der Waals surface area contributed by atoms with Crippen LogP contribution in [-0.4, -0.2) is 29.0 Å². The van der Waals surface area contributed by atoms with Crippen LogP contribution in [0, 0.1) is 0 Å². The van der Waals surface area contributed by atoms with Gasteiger partial charge < -0.3 is 4.98 Å². The van der Waals surface area contributed by atoms with Crippen LogP contribution in [0.25, 0.3) is 27.6 Å². The zero-order valence-electron chi connectivity index (χ0n) is 17.6. The van der Waals surface area contributed by atoms with Crippen LogP contribution in [0.3, 0.4) is 0 Å². The highest BCUT2D eigenvalue weighted by atomic mass is 15.1. The molecule has 0 amide bonds. The van der Waals surface area contributed by atoms with Gasteiger partial charge in [0, 0.05) is 40.1 Å². The lowest BCUT2D eigenvalue weighted by molar-refractivity contribution is 0.138. The summed E-state index contributed by atoms with van der Waals surface area (Å²) in [6.45, 7) is 0. The fourth-order valence-electron chi connectivity index (χ4n) is 4.78. The summed E-state index contributed by atoms with van der Waals surface area (Å²) in [7, 11) is 4.41. The van der Waals surface area contributed by atoms with Gasteiger partial charge in [-0.3, -0.25) is 9.88 Å². The molecule has 5 rings (SSSR count). The topological polar surface area (TPSA) is 31.9 Å². The predicted octanol–water partition coefficient (Wildman–Crippen LogP) is 6.25. The molecule has 150 valence electrons. The molecule has 0 saturated carbocycles. The summed E-state index contributed by atoms with van der Waals surface area (Å²) in [6.07, 6.45) is 9.37. The molecule has 2 aromatic carbocycles. The minimum atomic E-state index is 0.0737. The average molecular weight is 394 g/mol. The fraction of sp³-hybridized carbons (Fsp3) is 0.222. The van der Waals surface area contributed by atoms with E-state index in [1.54, 1.807) is 0 Å². The van der Waals surface area contributed by atoms with Crippen molar-refractivity contribution in [3.63, 3.8) is 0 Å². The summed E-state index contributed by atoms with van der Waals surface area (Å²) in [5, 5.41) is 1.25. The van der Waals surface area contributed by atoms with Crippen molar-refractivity contribution < 1.29 is 0 Å². The van der Waals surface area contributed by atoms with Gasteiger partial charge in [0.1, 0.15) is 0 Å². The second kappa shape index (κ2) is 7.58. The molecule has 3 heteroatoms. The Hall–Kier alpha value is -3.17. The molecular formula is C27H27N3. The lowest BCUT2D eigenvalue weighted by atomic mass is 9.76. The number of aromatic amines is 1. The highest BCUT2D eigenvalue weighted by Crippen LogP contribution is 2.42. The van der Waals surface area contributed by atoms with Crippen LogP contribution in [0.5, 0.6) is 0 Å². The number of pyridine rings is 1. The predicted molar refractivity (Wildman–Crippen MR) is 125 cm³/mol. The summed E-state index contributed by atoms with van der Waals surface area (Å²) < 4.78 is 0. The number of benzene rings is 2. The van der Waals surface area contributed by atoms with E-state index in [9.17, 15) is 0 Å². The Kier molecular flexibility index (Phi) is 4.76. The van der Waals surface area contributed by atoms with E-state index >= 15 is 0 Å². The van der Waals surface area contributed by atoms with Crippen molar-refractivity contribution in [1.82, 2.24) is 14.9 Å². The molecule has 1 unspecified atom stereocenters. The molecule has 0 saturated heterocycles. The first-order valence-corrected chi connectivity index (χ1v) is 10.6. The molecule has 30 heavy (non-hydrogen) atoms. The van der Waals surface area contributed by atoms with Gasteiger partial charge in [-0.05, 0) is 74.3 Å². The van der Waals surface area contributed by atoms with E-state index in [1.165, 1.54) is 33.3 Å². The molecule has 1 aliphatic carbocycles. The molecule has 4 aromatic rings. The normalized spacial score (nSPS) is 19.2. The number of hydrogen-bond donors (Lipinski definition) is 1. The van der Waals surface area contributed by atoms with Crippen LogP contribution in [0.4, 0.5) is 0 Å². The smallest absolute Gasteiger partial charge is 0.0492 e. The van der Waals surface area contributed by atoms with E-state index < -0.39 is 0 Å². The van der Waals surface area contributed by atoms with Gasteiger partial charge in [-0.2, -0.15) is 0 Å². The van der Waals surface area contributed by atoms with Gasteiger partial charge in [0.2, 0.25) is 0 Å². The van der Waals surface area contributed by atoms with E-state index in [0.717, 1.165) is 24.8 Å². The second-order valence-electron chi connectivity index (χ2n) is 8.45. The Balaban J connectivity index is 1.46. The largest absolute Gasteiger partial charge is 0.355 e. The van der Waals surface area contributed by atoms with Crippen molar-refractivity contribution >= 4 is 16.5 Å². The summed E-state index contributed by atoms with van der Waals surface area (Å²) in [6, 6.07) is 23.9. The molecule has 3 nitrogen and oxygen atoms in total. The Morgan fingerprint density at radius 3 is 2.50 bits per heavy atom. The molecule has 1 N–H and O–H groups in total. The van der Waals surface area contributed by atoms with Crippen LogP contribution in [0.2, 0.25) is 0 Å². The third kappa shape index (κ3) is 3.25. The molecule has 0 spiro atoms. The number of allylic oxidation sites excluding steroid dienone is 1. The molecule has 0 aliphatic heterocycles. The van der Waals surface area contributed by atoms with Gasteiger partial charge in [-0.1, -0.05) is 48.5 Å². The third-order valence-corrected chi connectivity index (χ3v) is 6.62. The molecule has 0 radical (unpaired) electrons. The van der Waals surface area contributed by atoms with Crippen LogP contribution >= 0.6 is 0 Å². The Morgan fingerprint density at radius 2 is 1.80 bits per heavy atom. The molecule has 2 aromatic heterocycles. The first kappa shape index (κ1) is 18.8. The van der Waals surface area contributed by atoms with E-state index in [0.29, 0.717) is 0 Å². The van der Waals surface area contributed by atoms with E-state index in [1.807, 2.05) is 18.5 Å². The standard InChI is InChI=1S/C27H27N3/c1-30(2)27(24-8-4-3-5-9-24)14-12-20(13-15-27)26-18-23-17-21(10-11-25(23)29-26)22-7-6-16-28-19-22/h3-12,16-19,29H,13-15H2,1-2H3. The second-order valence-corrected chi connectivity index (χ2v) is 8.45. The molecule has 1 atom stereocenters. The maximum Gasteiger partial charge on any atom is 0.0492 e. The molecule has 1 aliphatic rings. The quantitative estimate of drug-likeness (QED) is 0.444. The lowest BCUT2D eigenvalue weighted by Crippen LogP contribution is -2.42. The van der Waals surface area contributed by atoms with Crippen molar-refractivity contribution in [2.24, 2.45) is 0 Å². The minimum absolute atomic E-state index is 0.0737.